The minimum absolute atomic E-state index is 0. The van der Waals surface area contributed by atoms with Crippen molar-refractivity contribution in [3.05, 3.63) is 17.7 Å². The molecule has 0 atom stereocenters. The highest BCUT2D eigenvalue weighted by Crippen LogP contribution is 2.41. The quantitative estimate of drug-likeness (QED) is 0.279. The number of methoxy groups -OCH3 is 4. The summed E-state index contributed by atoms with van der Waals surface area (Å²) in [7, 11) is 8.42. The maximum absolute atomic E-state index is 5.56. The van der Waals surface area contributed by atoms with Gasteiger partial charge in [-0.25, -0.2) is 0 Å². The molecule has 2 rings (SSSR count). The van der Waals surface area contributed by atoms with Crippen molar-refractivity contribution in [2.75, 3.05) is 48.6 Å². The second-order valence-corrected chi connectivity index (χ2v) is 7.22. The van der Waals surface area contributed by atoms with Gasteiger partial charge >= 0.3 is 0 Å². The molecule has 1 fully saturated rings. The van der Waals surface area contributed by atoms with Crippen LogP contribution >= 0.6 is 24.0 Å². The van der Waals surface area contributed by atoms with E-state index in [1.165, 1.54) is 25.7 Å². The first kappa shape index (κ1) is 25.6. The Morgan fingerprint density at radius 2 is 1.69 bits per heavy atom. The molecule has 1 saturated carbocycles. The largest absolute Gasteiger partial charge is 0.493 e. The average molecular weight is 521 g/mol. The van der Waals surface area contributed by atoms with Crippen LogP contribution in [0.3, 0.4) is 0 Å². The average Bonchev–Trinajstić information content (AvgIpc) is 3.20. The van der Waals surface area contributed by atoms with Crippen molar-refractivity contribution in [1.82, 2.24) is 10.6 Å². The minimum Gasteiger partial charge on any atom is -0.493 e. The topological polar surface area (TPSA) is 73.3 Å². The van der Waals surface area contributed by atoms with Gasteiger partial charge in [-0.3, -0.25) is 4.99 Å². The molecule has 8 heteroatoms. The van der Waals surface area contributed by atoms with Crippen LogP contribution < -0.4 is 24.8 Å². The predicted molar refractivity (Wildman–Crippen MR) is 127 cm³/mol. The zero-order chi connectivity index (χ0) is 20.4. The summed E-state index contributed by atoms with van der Waals surface area (Å²) >= 11 is 0. The van der Waals surface area contributed by atoms with Crippen molar-refractivity contribution >= 4 is 29.9 Å². The van der Waals surface area contributed by atoms with Gasteiger partial charge in [-0.2, -0.15) is 0 Å². The second-order valence-electron chi connectivity index (χ2n) is 7.22. The van der Waals surface area contributed by atoms with E-state index < -0.39 is 0 Å². The second kappa shape index (κ2) is 13.0. The summed E-state index contributed by atoms with van der Waals surface area (Å²) in [6.07, 6.45) is 6.14. The maximum Gasteiger partial charge on any atom is 0.203 e. The van der Waals surface area contributed by atoms with Crippen molar-refractivity contribution in [3.8, 4) is 17.2 Å². The third-order valence-corrected chi connectivity index (χ3v) is 5.59. The molecule has 7 nitrogen and oxygen atoms in total. The van der Waals surface area contributed by atoms with E-state index in [9.17, 15) is 0 Å². The van der Waals surface area contributed by atoms with Crippen LogP contribution in [0.1, 0.15) is 37.7 Å². The zero-order valence-corrected chi connectivity index (χ0v) is 20.6. The molecule has 0 amide bonds. The molecule has 1 aliphatic carbocycles. The molecule has 0 aromatic heterocycles. The van der Waals surface area contributed by atoms with Crippen LogP contribution in [-0.2, 0) is 11.3 Å². The fourth-order valence-electron chi connectivity index (χ4n) is 3.93. The third-order valence-electron chi connectivity index (χ3n) is 5.59. The molecule has 29 heavy (non-hydrogen) atoms. The van der Waals surface area contributed by atoms with Gasteiger partial charge in [-0.05, 0) is 36.8 Å². The number of nitrogens with zero attached hydrogens (tertiary/aromatic N) is 1. The Labute approximate surface area is 191 Å². The number of nitrogens with one attached hydrogen (secondary N) is 2. The van der Waals surface area contributed by atoms with Crippen LogP contribution in [0.5, 0.6) is 17.2 Å². The molecule has 0 spiro atoms. The number of ether oxygens (including phenoxy) is 4. The molecule has 166 valence electrons. The standard InChI is InChI=1S/C21H35N3O4.HI/c1-22-20(24-15-21(12-13-25-2)10-6-7-11-21)23-14-16-8-9-17(26-3)19(28-5)18(16)27-4;/h8-9H,6-7,10-15H2,1-5H3,(H2,22,23,24);1H. The molecule has 2 N–H and O–H groups in total. The Bertz CT molecular complexity index is 649. The minimum atomic E-state index is 0. The highest BCUT2D eigenvalue weighted by molar-refractivity contribution is 14.0. The van der Waals surface area contributed by atoms with Crippen molar-refractivity contribution < 1.29 is 18.9 Å². The highest BCUT2D eigenvalue weighted by Gasteiger charge is 2.33. The van der Waals surface area contributed by atoms with E-state index in [0.29, 0.717) is 29.2 Å². The van der Waals surface area contributed by atoms with Gasteiger partial charge in [0.1, 0.15) is 0 Å². The Morgan fingerprint density at radius 1 is 1.00 bits per heavy atom. The van der Waals surface area contributed by atoms with Crippen molar-refractivity contribution in [2.45, 2.75) is 38.6 Å². The van der Waals surface area contributed by atoms with Gasteiger partial charge in [0.2, 0.25) is 5.75 Å². The Morgan fingerprint density at radius 3 is 2.24 bits per heavy atom. The molecule has 1 aliphatic rings. The fraction of sp³-hybridized carbons (Fsp3) is 0.667. The first-order valence-corrected chi connectivity index (χ1v) is 9.84. The van der Waals surface area contributed by atoms with Crippen molar-refractivity contribution in [1.29, 1.82) is 0 Å². The van der Waals surface area contributed by atoms with Gasteiger partial charge in [0.05, 0.1) is 21.3 Å². The van der Waals surface area contributed by atoms with Crippen LogP contribution in [0.25, 0.3) is 0 Å². The molecular weight excluding hydrogens is 485 g/mol. The zero-order valence-electron chi connectivity index (χ0n) is 18.3. The van der Waals surface area contributed by atoms with Crippen LogP contribution in [0.15, 0.2) is 17.1 Å². The lowest BCUT2D eigenvalue weighted by Gasteiger charge is -2.30. The van der Waals surface area contributed by atoms with Gasteiger partial charge < -0.3 is 29.6 Å². The summed E-state index contributed by atoms with van der Waals surface area (Å²) < 4.78 is 21.7. The number of guanidine groups is 1. The number of rotatable bonds is 10. The maximum atomic E-state index is 5.56. The van der Waals surface area contributed by atoms with Gasteiger partial charge in [0.25, 0.3) is 0 Å². The van der Waals surface area contributed by atoms with Crippen molar-refractivity contribution in [2.24, 2.45) is 10.4 Å². The van der Waals surface area contributed by atoms with Gasteiger partial charge in [0, 0.05) is 39.4 Å². The van der Waals surface area contributed by atoms with Gasteiger partial charge in [-0.1, -0.05) is 12.8 Å². The van der Waals surface area contributed by atoms with E-state index in [4.69, 9.17) is 18.9 Å². The summed E-state index contributed by atoms with van der Waals surface area (Å²) in [5, 5.41) is 6.88. The molecule has 0 unspecified atom stereocenters. The monoisotopic (exact) mass is 521 g/mol. The van der Waals surface area contributed by atoms with E-state index >= 15 is 0 Å². The Kier molecular flexibility index (Phi) is 11.5. The van der Waals surface area contributed by atoms with Crippen LogP contribution in [0, 0.1) is 5.41 Å². The molecule has 1 aromatic carbocycles. The van der Waals surface area contributed by atoms with E-state index in [0.717, 1.165) is 31.1 Å². The van der Waals surface area contributed by atoms with E-state index in [2.05, 4.69) is 15.6 Å². The summed E-state index contributed by atoms with van der Waals surface area (Å²) in [6.45, 7) is 2.27. The number of aliphatic imine (C=N–C) groups is 1. The molecule has 0 aliphatic heterocycles. The lowest BCUT2D eigenvalue weighted by Crippen LogP contribution is -2.43. The molecule has 0 bridgehead atoms. The SMILES string of the molecule is CN=C(NCc1ccc(OC)c(OC)c1OC)NCC1(CCOC)CCCC1.I. The highest BCUT2D eigenvalue weighted by atomic mass is 127. The summed E-state index contributed by atoms with van der Waals surface area (Å²) in [5.41, 5.74) is 1.27. The fourth-order valence-corrected chi connectivity index (χ4v) is 3.93. The smallest absolute Gasteiger partial charge is 0.203 e. The molecule has 0 saturated heterocycles. The Hall–Kier alpha value is -1.42. The summed E-state index contributed by atoms with van der Waals surface area (Å²) in [4.78, 5) is 4.37. The first-order chi connectivity index (χ1) is 13.6. The van der Waals surface area contributed by atoms with Crippen molar-refractivity contribution in [3.63, 3.8) is 0 Å². The third kappa shape index (κ3) is 6.80. The van der Waals surface area contributed by atoms with Crippen LogP contribution in [0.2, 0.25) is 0 Å². The van der Waals surface area contributed by atoms with Crippen LogP contribution in [0.4, 0.5) is 0 Å². The first-order valence-electron chi connectivity index (χ1n) is 9.84. The molecule has 0 heterocycles. The predicted octanol–water partition coefficient (Wildman–Crippen LogP) is 3.59. The lowest BCUT2D eigenvalue weighted by molar-refractivity contribution is 0.138. The van der Waals surface area contributed by atoms with Gasteiger partial charge in [0.15, 0.2) is 17.5 Å². The van der Waals surface area contributed by atoms with Crippen LogP contribution in [-0.4, -0.2) is 54.6 Å². The summed E-state index contributed by atoms with van der Waals surface area (Å²) in [6, 6.07) is 3.85. The van der Waals surface area contributed by atoms with Gasteiger partial charge in [-0.15, -0.1) is 24.0 Å². The lowest BCUT2D eigenvalue weighted by atomic mass is 9.83. The Balaban J connectivity index is 0.00000420. The van der Waals surface area contributed by atoms with E-state index in [1.807, 2.05) is 12.1 Å². The number of halogens is 1. The number of hydrogen-bond donors (Lipinski definition) is 2. The van der Waals surface area contributed by atoms with E-state index in [-0.39, 0.29) is 24.0 Å². The molecule has 1 aromatic rings. The molecular formula is C21H36IN3O4. The summed E-state index contributed by atoms with van der Waals surface area (Å²) in [5.74, 6) is 2.68. The molecule has 0 radical (unpaired) electrons. The number of benzene rings is 1. The normalized spacial score (nSPS) is 15.4. The number of hydrogen-bond acceptors (Lipinski definition) is 5. The van der Waals surface area contributed by atoms with E-state index in [1.54, 1.807) is 35.5 Å².